The van der Waals surface area contributed by atoms with Gasteiger partial charge in [-0.15, -0.1) is 0 Å². The van der Waals surface area contributed by atoms with E-state index in [-0.39, 0.29) is 18.0 Å². The van der Waals surface area contributed by atoms with E-state index in [0.717, 1.165) is 77.0 Å². The number of hydrogen-bond donors (Lipinski definition) is 3. The van der Waals surface area contributed by atoms with Crippen LogP contribution in [-0.2, 0) is 19.1 Å². The van der Waals surface area contributed by atoms with Gasteiger partial charge in [0.1, 0.15) is 12.1 Å². The molecule has 0 saturated heterocycles. The number of nitrogens with one attached hydrogen (secondary N) is 1. The maximum Gasteiger partial charge on any atom is 0.326 e. The minimum Gasteiger partial charge on any atom is -0.480 e. The molecular weight excluding hydrogens is 612 g/mol. The summed E-state index contributed by atoms with van der Waals surface area (Å²) in [5.74, 6) is -1.26. The number of esters is 1. The van der Waals surface area contributed by atoms with E-state index in [1.165, 1.54) is 89.9 Å². The number of carbonyl (C=O) groups excluding carboxylic acids is 2. The van der Waals surface area contributed by atoms with Gasteiger partial charge in [0, 0.05) is 12.8 Å². The molecule has 0 aromatic carbocycles. The van der Waals surface area contributed by atoms with Crippen molar-refractivity contribution in [1.82, 2.24) is 5.32 Å². The van der Waals surface area contributed by atoms with Crippen molar-refractivity contribution >= 4 is 17.8 Å². The van der Waals surface area contributed by atoms with E-state index in [4.69, 9.17) is 10.5 Å². The zero-order valence-corrected chi connectivity index (χ0v) is 32.0. The largest absolute Gasteiger partial charge is 0.480 e. The second kappa shape index (κ2) is 37.1. The summed E-state index contributed by atoms with van der Waals surface area (Å²) in [6.07, 6.45) is 40.7. The number of carboxylic acids is 1. The molecule has 0 saturated carbocycles. The minimum absolute atomic E-state index is 0.0241. The Kier molecular flexibility index (Phi) is 35.5. The predicted molar refractivity (Wildman–Crippen MR) is 207 cm³/mol. The highest BCUT2D eigenvalue weighted by atomic mass is 16.5. The second-order valence-corrected chi connectivity index (χ2v) is 14.1. The first kappa shape index (κ1) is 46.9. The number of carbonyl (C=O) groups is 3. The Morgan fingerprint density at radius 1 is 0.592 bits per heavy atom. The van der Waals surface area contributed by atoms with Gasteiger partial charge in [-0.2, -0.15) is 0 Å². The van der Waals surface area contributed by atoms with Crippen molar-refractivity contribution in [2.45, 2.75) is 219 Å². The Morgan fingerprint density at radius 3 is 1.65 bits per heavy atom. The lowest BCUT2D eigenvalue weighted by molar-refractivity contribution is -0.150. The molecule has 0 radical (unpaired) electrons. The van der Waals surface area contributed by atoms with Gasteiger partial charge < -0.3 is 20.9 Å². The molecule has 49 heavy (non-hydrogen) atoms. The first-order valence-corrected chi connectivity index (χ1v) is 20.7. The molecule has 1 amide bonds. The van der Waals surface area contributed by atoms with Crippen molar-refractivity contribution in [3.05, 3.63) is 24.3 Å². The maximum absolute atomic E-state index is 12.7. The molecule has 0 fully saturated rings. The predicted octanol–water partition coefficient (Wildman–Crippen LogP) is 11.3. The first-order chi connectivity index (χ1) is 23.9. The van der Waals surface area contributed by atoms with E-state index >= 15 is 0 Å². The van der Waals surface area contributed by atoms with Crippen molar-refractivity contribution in [1.29, 1.82) is 0 Å². The fourth-order valence-electron chi connectivity index (χ4n) is 6.13. The summed E-state index contributed by atoms with van der Waals surface area (Å²) in [6.45, 7) is 4.91. The molecule has 0 spiro atoms. The van der Waals surface area contributed by atoms with E-state index in [9.17, 15) is 19.5 Å². The van der Waals surface area contributed by atoms with Crippen LogP contribution < -0.4 is 11.1 Å². The Bertz CT molecular complexity index is 828. The zero-order valence-electron chi connectivity index (χ0n) is 32.0. The molecule has 4 N–H and O–H groups in total. The van der Waals surface area contributed by atoms with E-state index in [1.807, 2.05) is 0 Å². The lowest BCUT2D eigenvalue weighted by Gasteiger charge is -2.18. The molecule has 0 aliphatic rings. The zero-order chi connectivity index (χ0) is 36.0. The first-order valence-electron chi connectivity index (χ1n) is 20.7. The number of ether oxygens (including phenoxy) is 1. The molecule has 7 nitrogen and oxygen atoms in total. The van der Waals surface area contributed by atoms with Crippen LogP contribution in [0.3, 0.4) is 0 Å². The van der Waals surface area contributed by atoms with Crippen LogP contribution in [0.5, 0.6) is 0 Å². The molecule has 0 aliphatic carbocycles. The average molecular weight is 691 g/mol. The molecular formula is C42H78N2O5. The highest BCUT2D eigenvalue weighted by molar-refractivity contribution is 5.83. The van der Waals surface area contributed by atoms with E-state index in [1.54, 1.807) is 0 Å². The number of carboxylic acid groups (broad SMARTS) is 1. The Labute approximate surface area is 302 Å². The lowest BCUT2D eigenvalue weighted by Crippen LogP contribution is -2.40. The van der Waals surface area contributed by atoms with Crippen LogP contribution in [0, 0.1) is 0 Å². The number of allylic oxidation sites excluding steroid dienone is 4. The lowest BCUT2D eigenvalue weighted by atomic mass is 10.0. The molecule has 7 heteroatoms. The SMILES string of the molecule is CCCCC/C=C\C/C=C\CCCC(CCCCCCCC(=O)NC(CCCN)C(=O)O)OC(=O)CCCCCCCCCCCCCC. The van der Waals surface area contributed by atoms with Crippen LogP contribution in [0.25, 0.3) is 0 Å². The highest BCUT2D eigenvalue weighted by Gasteiger charge is 2.19. The van der Waals surface area contributed by atoms with E-state index < -0.39 is 12.0 Å². The van der Waals surface area contributed by atoms with E-state index in [0.29, 0.717) is 32.2 Å². The van der Waals surface area contributed by atoms with Crippen molar-refractivity contribution in [2.24, 2.45) is 5.73 Å². The van der Waals surface area contributed by atoms with Crippen molar-refractivity contribution in [2.75, 3.05) is 6.54 Å². The fourth-order valence-corrected chi connectivity index (χ4v) is 6.13. The van der Waals surface area contributed by atoms with Crippen molar-refractivity contribution < 1.29 is 24.2 Å². The molecule has 0 heterocycles. The molecule has 286 valence electrons. The summed E-state index contributed by atoms with van der Waals surface area (Å²) in [4.78, 5) is 36.3. The van der Waals surface area contributed by atoms with Crippen molar-refractivity contribution in [3.63, 3.8) is 0 Å². The van der Waals surface area contributed by atoms with Crippen LogP contribution in [0.1, 0.15) is 206 Å². The number of nitrogens with two attached hydrogens (primary N) is 1. The van der Waals surface area contributed by atoms with E-state index in [2.05, 4.69) is 43.5 Å². The number of hydrogen-bond acceptors (Lipinski definition) is 5. The summed E-state index contributed by atoms with van der Waals surface area (Å²) in [6, 6.07) is -0.858. The van der Waals surface area contributed by atoms with Crippen LogP contribution >= 0.6 is 0 Å². The summed E-state index contributed by atoms with van der Waals surface area (Å²) in [7, 11) is 0. The average Bonchev–Trinajstić information content (AvgIpc) is 3.08. The summed E-state index contributed by atoms with van der Waals surface area (Å²) in [5, 5.41) is 11.9. The van der Waals surface area contributed by atoms with Gasteiger partial charge in [-0.25, -0.2) is 4.79 Å². The third-order valence-electron chi connectivity index (χ3n) is 9.27. The summed E-state index contributed by atoms with van der Waals surface area (Å²) >= 11 is 0. The summed E-state index contributed by atoms with van der Waals surface area (Å²) < 4.78 is 6.00. The molecule has 0 aromatic heterocycles. The Morgan fingerprint density at radius 2 is 1.08 bits per heavy atom. The minimum atomic E-state index is -1.01. The third-order valence-corrected chi connectivity index (χ3v) is 9.27. The third kappa shape index (κ3) is 34.1. The highest BCUT2D eigenvalue weighted by Crippen LogP contribution is 2.18. The smallest absolute Gasteiger partial charge is 0.326 e. The topological polar surface area (TPSA) is 119 Å². The van der Waals surface area contributed by atoms with Gasteiger partial charge in [0.25, 0.3) is 0 Å². The van der Waals surface area contributed by atoms with Gasteiger partial charge in [-0.05, 0) is 83.6 Å². The maximum atomic E-state index is 12.7. The van der Waals surface area contributed by atoms with Crippen LogP contribution in [-0.4, -0.2) is 41.6 Å². The van der Waals surface area contributed by atoms with Crippen LogP contribution in [0.4, 0.5) is 0 Å². The number of rotatable bonds is 37. The molecule has 0 bridgehead atoms. The van der Waals surface area contributed by atoms with Gasteiger partial charge in [0.05, 0.1) is 0 Å². The van der Waals surface area contributed by atoms with Crippen LogP contribution in [0.15, 0.2) is 24.3 Å². The standard InChI is InChI=1S/C42H78N2O5/c1-3-5-7-9-11-13-15-17-19-21-26-30-36-41(46)49-38(32-27-23-20-18-16-14-12-10-8-6-4-2)33-28-24-22-25-29-35-40(45)44-39(42(47)48)34-31-37-43/h12,14,18,20,38-39H,3-11,13,15-17,19,21-37,43H2,1-2H3,(H,44,45)(H,47,48)/b14-12-,20-18-. The number of unbranched alkanes of at least 4 members (excludes halogenated alkanes) is 19. The molecule has 0 aliphatic heterocycles. The quantitative estimate of drug-likeness (QED) is 0.0339. The van der Waals surface area contributed by atoms with Crippen LogP contribution in [0.2, 0.25) is 0 Å². The number of amides is 1. The number of aliphatic carboxylic acids is 1. The van der Waals surface area contributed by atoms with Gasteiger partial charge in [0.2, 0.25) is 5.91 Å². The Balaban J connectivity index is 4.37. The van der Waals surface area contributed by atoms with Gasteiger partial charge in [0.15, 0.2) is 0 Å². The van der Waals surface area contributed by atoms with Gasteiger partial charge in [-0.3, -0.25) is 9.59 Å². The normalized spacial score (nSPS) is 12.9. The molecule has 0 aromatic rings. The van der Waals surface area contributed by atoms with Gasteiger partial charge >= 0.3 is 11.9 Å². The summed E-state index contributed by atoms with van der Waals surface area (Å²) in [5.41, 5.74) is 5.48. The molecule has 0 rings (SSSR count). The van der Waals surface area contributed by atoms with Crippen molar-refractivity contribution in [3.8, 4) is 0 Å². The molecule has 2 atom stereocenters. The monoisotopic (exact) mass is 691 g/mol. The van der Waals surface area contributed by atoms with Gasteiger partial charge in [-0.1, -0.05) is 141 Å². The second-order valence-electron chi connectivity index (χ2n) is 14.1. The molecule has 2 unspecified atom stereocenters. The Hall–Kier alpha value is -2.15. The fraction of sp³-hybridized carbons (Fsp3) is 0.833.